The Bertz CT molecular complexity index is 470. The first kappa shape index (κ1) is 19.0. The van der Waals surface area contributed by atoms with Crippen LogP contribution in [0.4, 0.5) is 5.88 Å². The summed E-state index contributed by atoms with van der Waals surface area (Å²) in [6, 6.07) is 1.79. The molecule has 0 bridgehead atoms. The lowest BCUT2D eigenvalue weighted by Gasteiger charge is -2.33. The number of nitrogens with zero attached hydrogens (tertiary/aromatic N) is 2. The molecule has 2 rings (SSSR count). The summed E-state index contributed by atoms with van der Waals surface area (Å²) in [6.45, 7) is 10.0. The number of rotatable bonds is 6. The number of aliphatic hydroxyl groups is 1. The monoisotopic (exact) mass is 329 g/mol. The zero-order valence-electron chi connectivity index (χ0n) is 14.0. The van der Waals surface area contributed by atoms with Gasteiger partial charge in [0.05, 0.1) is 17.0 Å². The second-order valence-electron chi connectivity index (χ2n) is 6.46. The van der Waals surface area contributed by atoms with Gasteiger partial charge in [0, 0.05) is 31.6 Å². The van der Waals surface area contributed by atoms with Gasteiger partial charge in [0.2, 0.25) is 5.88 Å². The van der Waals surface area contributed by atoms with Crippen LogP contribution in [0.3, 0.4) is 0 Å². The Labute approximate surface area is 136 Å². The number of aromatic nitrogens is 1. The Kier molecular flexibility index (Phi) is 6.90. The summed E-state index contributed by atoms with van der Waals surface area (Å²) in [4.78, 5) is 10.5. The molecule has 0 atom stereocenters. The van der Waals surface area contributed by atoms with Crippen molar-refractivity contribution in [3.05, 3.63) is 11.8 Å². The van der Waals surface area contributed by atoms with E-state index in [0.717, 1.165) is 25.1 Å². The largest absolute Gasteiger partial charge is 0.395 e. The average molecular weight is 329 g/mol. The number of hydrogen-bond acceptors (Lipinski definition) is 7. The molecule has 2 heterocycles. The Hall–Kier alpha value is -1.05. The van der Waals surface area contributed by atoms with Gasteiger partial charge in [-0.05, 0) is 20.3 Å². The van der Waals surface area contributed by atoms with E-state index in [9.17, 15) is 4.79 Å². The molecule has 126 valence electrons. The highest BCUT2D eigenvalue weighted by Gasteiger charge is 2.25. The predicted octanol–water partition coefficient (Wildman–Crippen LogP) is 2.30. The van der Waals surface area contributed by atoms with Crippen LogP contribution in [-0.4, -0.2) is 52.3 Å². The third kappa shape index (κ3) is 5.62. The van der Waals surface area contributed by atoms with Gasteiger partial charge in [-0.3, -0.25) is 0 Å². The summed E-state index contributed by atoms with van der Waals surface area (Å²) >= 11 is 1.65. The van der Waals surface area contributed by atoms with Gasteiger partial charge in [0.1, 0.15) is 6.29 Å². The fraction of sp³-hybridized carbons (Fsp3) is 0.733. The summed E-state index contributed by atoms with van der Waals surface area (Å²) in [5, 5.41) is 15.7. The van der Waals surface area contributed by atoms with Gasteiger partial charge < -0.3 is 19.7 Å². The first-order valence-corrected chi connectivity index (χ1v) is 8.17. The minimum atomic E-state index is -0.335. The fourth-order valence-corrected chi connectivity index (χ4v) is 2.67. The highest BCUT2D eigenvalue weighted by Crippen LogP contribution is 2.29. The van der Waals surface area contributed by atoms with Crippen LogP contribution in [0, 0.1) is 0 Å². The number of nitrogens with one attached hydrogen (secondary N) is 1. The molecule has 2 N–H and O–H groups in total. The summed E-state index contributed by atoms with van der Waals surface area (Å²) in [6.07, 6.45) is 2.29. The minimum absolute atomic E-state index is 0.0582. The van der Waals surface area contributed by atoms with Gasteiger partial charge in [-0.25, -0.2) is 4.31 Å². The average Bonchev–Trinajstić information content (AvgIpc) is 2.93. The number of aliphatic hydroxyl groups excluding tert-OH is 1. The Balaban J connectivity index is 0.000000224. The van der Waals surface area contributed by atoms with E-state index in [1.54, 1.807) is 25.1 Å². The summed E-state index contributed by atoms with van der Waals surface area (Å²) in [5.41, 5.74) is 0.424. The van der Waals surface area contributed by atoms with E-state index in [0.29, 0.717) is 5.88 Å². The molecule has 0 spiro atoms. The molecule has 0 radical (unpaired) electrons. The molecule has 1 saturated heterocycles. The normalized spacial score (nSPS) is 15.5. The van der Waals surface area contributed by atoms with Crippen LogP contribution in [0.15, 0.2) is 10.6 Å². The van der Waals surface area contributed by atoms with Crippen LogP contribution in [-0.2, 0) is 10.2 Å². The molecule has 22 heavy (non-hydrogen) atoms. The van der Waals surface area contributed by atoms with Gasteiger partial charge in [-0.1, -0.05) is 31.0 Å². The van der Waals surface area contributed by atoms with Crippen molar-refractivity contribution < 1.29 is 14.4 Å². The van der Waals surface area contributed by atoms with Crippen LogP contribution >= 0.6 is 11.9 Å². The number of hydrogen-bond donors (Lipinski definition) is 2. The van der Waals surface area contributed by atoms with Crippen LogP contribution in [0.25, 0.3) is 0 Å². The molecule has 6 nitrogen and oxygen atoms in total. The van der Waals surface area contributed by atoms with Gasteiger partial charge in [-0.2, -0.15) is 0 Å². The Morgan fingerprint density at radius 2 is 2.09 bits per heavy atom. The molecule has 1 aliphatic heterocycles. The summed E-state index contributed by atoms with van der Waals surface area (Å²) in [7, 11) is 1.76. The maximum atomic E-state index is 10.5. The molecular formula is C15H27N3O3S. The van der Waals surface area contributed by atoms with Crippen molar-refractivity contribution in [2.45, 2.75) is 44.3 Å². The SMILES string of the molecule is CC(C)(C=O)SN1CCC1.CNc1cc(C(C)(C)CO)no1. The molecular weight excluding hydrogens is 302 g/mol. The third-order valence-corrected chi connectivity index (χ3v) is 4.50. The molecule has 0 aliphatic carbocycles. The standard InChI is InChI=1S/C8H14N2O2.C7H13NOS/c1-8(2,5-11)6-4-7(9-3)12-10-6;1-7(2,6-9)10-8-4-3-5-8/h4,9,11H,5H2,1-3H3;6H,3-5H2,1-2H3. The second kappa shape index (κ2) is 7.99. The van der Waals surface area contributed by atoms with Crippen LogP contribution in [0.2, 0.25) is 0 Å². The zero-order valence-corrected chi connectivity index (χ0v) is 14.9. The third-order valence-electron chi connectivity index (χ3n) is 3.31. The quantitative estimate of drug-likeness (QED) is 0.612. The van der Waals surface area contributed by atoms with Crippen LogP contribution < -0.4 is 5.32 Å². The molecule has 0 amide bonds. The molecule has 1 aliphatic rings. The molecule has 0 saturated carbocycles. The molecule has 0 unspecified atom stereocenters. The van der Waals surface area contributed by atoms with Gasteiger partial charge in [-0.15, -0.1) is 0 Å². The van der Waals surface area contributed by atoms with E-state index in [1.165, 1.54) is 6.42 Å². The van der Waals surface area contributed by atoms with Crippen molar-refractivity contribution in [2.24, 2.45) is 0 Å². The lowest BCUT2D eigenvalue weighted by molar-refractivity contribution is -0.109. The number of carbonyl (C=O) groups excluding carboxylic acids is 1. The maximum Gasteiger partial charge on any atom is 0.224 e. The Morgan fingerprint density at radius 3 is 2.45 bits per heavy atom. The van der Waals surface area contributed by atoms with Crippen molar-refractivity contribution in [1.29, 1.82) is 0 Å². The Morgan fingerprint density at radius 1 is 1.45 bits per heavy atom. The van der Waals surface area contributed by atoms with Gasteiger partial charge in [0.15, 0.2) is 0 Å². The molecule has 7 heteroatoms. The van der Waals surface area contributed by atoms with E-state index in [2.05, 4.69) is 14.8 Å². The van der Waals surface area contributed by atoms with Crippen molar-refractivity contribution in [2.75, 3.05) is 32.1 Å². The second-order valence-corrected chi connectivity index (χ2v) is 8.21. The van der Waals surface area contributed by atoms with Crippen molar-refractivity contribution in [3.63, 3.8) is 0 Å². The van der Waals surface area contributed by atoms with Gasteiger partial charge in [0.25, 0.3) is 0 Å². The highest BCUT2D eigenvalue weighted by molar-refractivity contribution is 7.99. The van der Waals surface area contributed by atoms with E-state index in [4.69, 9.17) is 9.63 Å². The first-order valence-electron chi connectivity index (χ1n) is 7.40. The topological polar surface area (TPSA) is 78.6 Å². The van der Waals surface area contributed by atoms with Crippen molar-refractivity contribution in [1.82, 2.24) is 9.46 Å². The zero-order chi connectivity index (χ0) is 16.8. The first-order chi connectivity index (χ1) is 10.2. The van der Waals surface area contributed by atoms with E-state index in [-0.39, 0.29) is 16.8 Å². The number of anilines is 1. The summed E-state index contributed by atoms with van der Waals surface area (Å²) in [5.74, 6) is 0.617. The summed E-state index contributed by atoms with van der Waals surface area (Å²) < 4.78 is 6.94. The van der Waals surface area contributed by atoms with Gasteiger partial charge >= 0.3 is 0 Å². The number of aldehydes is 1. The van der Waals surface area contributed by atoms with E-state index < -0.39 is 0 Å². The number of carbonyl (C=O) groups is 1. The van der Waals surface area contributed by atoms with Crippen LogP contribution in [0.5, 0.6) is 0 Å². The maximum absolute atomic E-state index is 10.5. The van der Waals surface area contributed by atoms with Crippen molar-refractivity contribution >= 4 is 24.1 Å². The molecule has 1 fully saturated rings. The predicted molar refractivity (Wildman–Crippen MR) is 90.1 cm³/mol. The molecule has 1 aromatic rings. The van der Waals surface area contributed by atoms with Crippen LogP contribution in [0.1, 0.15) is 39.8 Å². The van der Waals surface area contributed by atoms with E-state index in [1.807, 2.05) is 27.7 Å². The minimum Gasteiger partial charge on any atom is -0.395 e. The van der Waals surface area contributed by atoms with Crippen molar-refractivity contribution in [3.8, 4) is 0 Å². The molecule has 1 aromatic heterocycles. The van der Waals surface area contributed by atoms with E-state index >= 15 is 0 Å². The lowest BCUT2D eigenvalue weighted by atomic mass is 9.91. The fourth-order valence-electron chi connectivity index (χ4n) is 1.53. The lowest BCUT2D eigenvalue weighted by Crippen LogP contribution is -2.36. The molecule has 0 aromatic carbocycles. The highest BCUT2D eigenvalue weighted by atomic mass is 32.2. The smallest absolute Gasteiger partial charge is 0.224 e.